The van der Waals surface area contributed by atoms with Gasteiger partial charge in [0, 0.05) is 18.8 Å². The Kier molecular flexibility index (Phi) is 5.27. The molecule has 0 saturated carbocycles. The summed E-state index contributed by atoms with van der Waals surface area (Å²) in [6, 6.07) is 7.10. The zero-order chi connectivity index (χ0) is 18.7. The lowest BCUT2D eigenvalue weighted by Gasteiger charge is -2.27. The van der Waals surface area contributed by atoms with Gasteiger partial charge in [0.15, 0.2) is 5.76 Å². The number of carboxylic acids is 1. The van der Waals surface area contributed by atoms with E-state index in [1.165, 1.54) is 18.2 Å². The Morgan fingerprint density at radius 2 is 1.73 bits per heavy atom. The lowest BCUT2D eigenvalue weighted by Crippen LogP contribution is -2.35. The summed E-state index contributed by atoms with van der Waals surface area (Å²) in [7, 11) is 0. The third-order valence-electron chi connectivity index (χ3n) is 4.14. The van der Waals surface area contributed by atoms with Gasteiger partial charge in [-0.25, -0.2) is 4.79 Å². The standard InChI is InChI=1S/C18H17ClN2O5/c19-13-10-11(20-16(22)14-6-7-15(26-14)18(24)25)4-5-12(13)17(23)21-8-2-1-3-9-21/h4-7,10H,1-3,8-9H2,(H,20,22)(H,24,25). The third-order valence-corrected chi connectivity index (χ3v) is 4.45. The number of likely N-dealkylation sites (tertiary alicyclic amines) is 1. The summed E-state index contributed by atoms with van der Waals surface area (Å²) in [5, 5.41) is 11.6. The largest absolute Gasteiger partial charge is 0.475 e. The number of piperidine rings is 1. The molecule has 0 radical (unpaired) electrons. The predicted octanol–water partition coefficient (Wildman–Crippen LogP) is 3.51. The van der Waals surface area contributed by atoms with Crippen molar-refractivity contribution in [1.82, 2.24) is 4.90 Å². The average molecular weight is 377 g/mol. The Morgan fingerprint density at radius 1 is 1.04 bits per heavy atom. The van der Waals surface area contributed by atoms with Crippen LogP contribution >= 0.6 is 11.6 Å². The number of anilines is 1. The molecule has 0 spiro atoms. The molecule has 1 fully saturated rings. The van der Waals surface area contributed by atoms with Gasteiger partial charge < -0.3 is 19.7 Å². The first-order chi connectivity index (χ1) is 12.5. The van der Waals surface area contributed by atoms with Crippen molar-refractivity contribution in [2.75, 3.05) is 18.4 Å². The minimum absolute atomic E-state index is 0.121. The van der Waals surface area contributed by atoms with Gasteiger partial charge in [-0.3, -0.25) is 9.59 Å². The normalized spacial score (nSPS) is 14.1. The SMILES string of the molecule is O=C(O)c1ccc(C(=O)Nc2ccc(C(=O)N3CCCCC3)c(Cl)c2)o1. The molecule has 1 aromatic carbocycles. The highest BCUT2D eigenvalue weighted by Crippen LogP contribution is 2.24. The molecule has 7 nitrogen and oxygen atoms in total. The zero-order valence-corrected chi connectivity index (χ0v) is 14.6. The molecule has 2 N–H and O–H groups in total. The maximum atomic E-state index is 12.5. The predicted molar refractivity (Wildman–Crippen MR) is 94.8 cm³/mol. The van der Waals surface area contributed by atoms with Crippen molar-refractivity contribution in [2.45, 2.75) is 19.3 Å². The van der Waals surface area contributed by atoms with Crippen LogP contribution in [0.3, 0.4) is 0 Å². The Bertz CT molecular complexity index is 855. The van der Waals surface area contributed by atoms with Crippen LogP contribution in [0.2, 0.25) is 5.02 Å². The van der Waals surface area contributed by atoms with Gasteiger partial charge in [0.05, 0.1) is 10.6 Å². The van der Waals surface area contributed by atoms with E-state index in [-0.39, 0.29) is 22.5 Å². The van der Waals surface area contributed by atoms with Crippen LogP contribution < -0.4 is 5.32 Å². The second-order valence-corrected chi connectivity index (χ2v) is 6.38. The number of hydrogen-bond donors (Lipinski definition) is 2. The molecule has 1 aromatic heterocycles. The maximum Gasteiger partial charge on any atom is 0.371 e. The lowest BCUT2D eigenvalue weighted by atomic mass is 10.1. The van der Waals surface area contributed by atoms with Gasteiger partial charge in [0.1, 0.15) is 0 Å². The molecule has 1 aliphatic rings. The van der Waals surface area contributed by atoms with E-state index in [4.69, 9.17) is 21.1 Å². The molecule has 0 aliphatic carbocycles. The molecule has 0 atom stereocenters. The van der Waals surface area contributed by atoms with E-state index < -0.39 is 11.9 Å². The number of carbonyl (C=O) groups excluding carboxylic acids is 2. The number of benzene rings is 1. The highest BCUT2D eigenvalue weighted by Gasteiger charge is 2.21. The van der Waals surface area contributed by atoms with E-state index >= 15 is 0 Å². The van der Waals surface area contributed by atoms with E-state index in [9.17, 15) is 14.4 Å². The Hall–Kier alpha value is -2.80. The number of rotatable bonds is 4. The number of halogens is 1. The minimum atomic E-state index is -1.26. The van der Waals surface area contributed by atoms with Crippen LogP contribution in [0.25, 0.3) is 0 Å². The van der Waals surface area contributed by atoms with Gasteiger partial charge in [-0.15, -0.1) is 0 Å². The van der Waals surface area contributed by atoms with Crippen LogP contribution in [0.1, 0.15) is 50.7 Å². The number of hydrogen-bond acceptors (Lipinski definition) is 4. The first-order valence-corrected chi connectivity index (χ1v) is 8.57. The molecule has 2 aromatic rings. The number of furan rings is 1. The molecule has 2 amide bonds. The Labute approximate surface area is 154 Å². The van der Waals surface area contributed by atoms with Crippen LogP contribution in [0.4, 0.5) is 5.69 Å². The van der Waals surface area contributed by atoms with Gasteiger partial charge in [0.2, 0.25) is 5.76 Å². The molecule has 136 valence electrons. The third kappa shape index (κ3) is 3.88. The van der Waals surface area contributed by atoms with Crippen LogP contribution in [-0.2, 0) is 0 Å². The van der Waals surface area contributed by atoms with Crippen molar-refractivity contribution < 1.29 is 23.9 Å². The molecular formula is C18H17ClN2O5. The van der Waals surface area contributed by atoms with E-state index in [0.717, 1.165) is 32.4 Å². The van der Waals surface area contributed by atoms with Crippen LogP contribution in [0.15, 0.2) is 34.7 Å². The number of aromatic carboxylic acids is 1. The zero-order valence-electron chi connectivity index (χ0n) is 13.8. The van der Waals surface area contributed by atoms with Crippen molar-refractivity contribution in [3.05, 3.63) is 52.4 Å². The van der Waals surface area contributed by atoms with Crippen molar-refractivity contribution >= 4 is 35.1 Å². The van der Waals surface area contributed by atoms with Crippen molar-refractivity contribution in [3.8, 4) is 0 Å². The topological polar surface area (TPSA) is 99.8 Å². The van der Waals surface area contributed by atoms with E-state index in [0.29, 0.717) is 11.3 Å². The highest BCUT2D eigenvalue weighted by molar-refractivity contribution is 6.34. The smallest absolute Gasteiger partial charge is 0.371 e. The summed E-state index contributed by atoms with van der Waals surface area (Å²) < 4.78 is 4.95. The molecule has 3 rings (SSSR count). The van der Waals surface area contributed by atoms with Crippen molar-refractivity contribution in [3.63, 3.8) is 0 Å². The highest BCUT2D eigenvalue weighted by atomic mass is 35.5. The van der Waals surface area contributed by atoms with Crippen LogP contribution in [-0.4, -0.2) is 40.9 Å². The quantitative estimate of drug-likeness (QED) is 0.850. The van der Waals surface area contributed by atoms with Crippen molar-refractivity contribution in [1.29, 1.82) is 0 Å². The number of nitrogens with zero attached hydrogens (tertiary/aromatic N) is 1. The summed E-state index contributed by atoms with van der Waals surface area (Å²) in [6.07, 6.45) is 3.09. The van der Waals surface area contributed by atoms with Crippen molar-refractivity contribution in [2.24, 2.45) is 0 Å². The first kappa shape index (κ1) is 18.0. The fourth-order valence-corrected chi connectivity index (χ4v) is 3.06. The summed E-state index contributed by atoms with van der Waals surface area (Å²) in [5.41, 5.74) is 0.765. The second kappa shape index (κ2) is 7.61. The Balaban J connectivity index is 1.71. The molecule has 1 aliphatic heterocycles. The van der Waals surface area contributed by atoms with Crippen LogP contribution in [0, 0.1) is 0 Å². The molecule has 0 bridgehead atoms. The van der Waals surface area contributed by atoms with E-state index in [2.05, 4.69) is 5.32 Å². The number of carboxylic acid groups (broad SMARTS) is 1. The lowest BCUT2D eigenvalue weighted by molar-refractivity contribution is 0.0659. The number of carbonyl (C=O) groups is 3. The molecule has 2 heterocycles. The maximum absolute atomic E-state index is 12.5. The second-order valence-electron chi connectivity index (χ2n) is 5.97. The summed E-state index contributed by atoms with van der Waals surface area (Å²) in [5.74, 6) is -2.44. The van der Waals surface area contributed by atoms with Gasteiger partial charge in [-0.1, -0.05) is 11.6 Å². The molecule has 1 saturated heterocycles. The van der Waals surface area contributed by atoms with Gasteiger partial charge in [-0.2, -0.15) is 0 Å². The number of amides is 2. The molecule has 26 heavy (non-hydrogen) atoms. The van der Waals surface area contributed by atoms with E-state index in [1.807, 2.05) is 0 Å². The molecule has 0 unspecified atom stereocenters. The van der Waals surface area contributed by atoms with Gasteiger partial charge in [-0.05, 0) is 49.6 Å². The summed E-state index contributed by atoms with van der Waals surface area (Å²) in [4.78, 5) is 37.2. The van der Waals surface area contributed by atoms with Gasteiger partial charge >= 0.3 is 5.97 Å². The van der Waals surface area contributed by atoms with E-state index in [1.54, 1.807) is 17.0 Å². The Morgan fingerprint density at radius 3 is 2.35 bits per heavy atom. The summed E-state index contributed by atoms with van der Waals surface area (Å²) in [6.45, 7) is 1.44. The van der Waals surface area contributed by atoms with Crippen LogP contribution in [0.5, 0.6) is 0 Å². The molecular weight excluding hydrogens is 360 g/mol. The average Bonchev–Trinajstić information content (AvgIpc) is 3.13. The van der Waals surface area contributed by atoms with Gasteiger partial charge in [0.25, 0.3) is 11.8 Å². The fraction of sp³-hybridized carbons (Fsp3) is 0.278. The minimum Gasteiger partial charge on any atom is -0.475 e. The first-order valence-electron chi connectivity index (χ1n) is 8.19. The number of nitrogens with one attached hydrogen (secondary N) is 1. The monoisotopic (exact) mass is 376 g/mol. The molecule has 8 heteroatoms. The summed E-state index contributed by atoms with van der Waals surface area (Å²) >= 11 is 6.22. The fourth-order valence-electron chi connectivity index (χ4n) is 2.80.